The third-order valence-electron chi connectivity index (χ3n) is 4.65. The summed E-state index contributed by atoms with van der Waals surface area (Å²) in [6.07, 6.45) is 6.42. The van der Waals surface area contributed by atoms with Crippen LogP contribution in [-0.2, 0) is 14.3 Å². The minimum Gasteiger partial charge on any atom is -0.444 e. The first-order valence-electron chi connectivity index (χ1n) is 10.7. The molecule has 1 rings (SSSR count). The Morgan fingerprint density at radius 1 is 1.22 bits per heavy atom. The van der Waals surface area contributed by atoms with E-state index in [4.69, 9.17) is 11.2 Å². The number of alkyl carbamates (subject to hydrolysis) is 1. The van der Waals surface area contributed by atoms with Gasteiger partial charge >= 0.3 is 6.09 Å². The van der Waals surface area contributed by atoms with E-state index in [-0.39, 0.29) is 6.04 Å². The number of carbonyl (C=O) groups excluding carboxylic acids is 3. The van der Waals surface area contributed by atoms with Gasteiger partial charge < -0.3 is 20.5 Å². The highest BCUT2D eigenvalue weighted by molar-refractivity contribution is 5.93. The van der Waals surface area contributed by atoms with Gasteiger partial charge in [-0.25, -0.2) is 4.79 Å². The number of nitrogens with one attached hydrogen (secondary N) is 2. The largest absolute Gasteiger partial charge is 0.444 e. The third kappa shape index (κ3) is 7.89. The van der Waals surface area contributed by atoms with Crippen molar-refractivity contribution in [3.05, 3.63) is 35.4 Å². The second-order valence-corrected chi connectivity index (χ2v) is 8.68. The van der Waals surface area contributed by atoms with E-state index in [1.54, 1.807) is 32.9 Å². The maximum atomic E-state index is 13.2. The molecule has 3 N–H and O–H groups in total. The van der Waals surface area contributed by atoms with Crippen molar-refractivity contribution in [2.24, 2.45) is 0 Å². The fourth-order valence-electron chi connectivity index (χ4n) is 3.19. The average molecular weight is 446 g/mol. The maximum absolute atomic E-state index is 13.2. The molecule has 8 nitrogen and oxygen atoms in total. The topological polar surface area (TPSA) is 108 Å². The molecule has 3 atom stereocenters. The van der Waals surface area contributed by atoms with E-state index in [2.05, 4.69) is 16.7 Å². The Bertz CT molecular complexity index is 841. The monoisotopic (exact) mass is 445 g/mol. The van der Waals surface area contributed by atoms with Crippen molar-refractivity contribution < 1.29 is 24.2 Å². The van der Waals surface area contributed by atoms with Crippen molar-refractivity contribution in [1.82, 2.24) is 15.5 Å². The van der Waals surface area contributed by atoms with Crippen LogP contribution in [0.3, 0.4) is 0 Å². The Morgan fingerprint density at radius 3 is 2.34 bits per heavy atom. The summed E-state index contributed by atoms with van der Waals surface area (Å²) in [6.45, 7) is 9.99. The van der Waals surface area contributed by atoms with Crippen molar-refractivity contribution in [2.45, 2.75) is 78.1 Å². The highest BCUT2D eigenvalue weighted by Gasteiger charge is 2.36. The molecular formula is C24H35N3O5. The summed E-state index contributed by atoms with van der Waals surface area (Å²) in [4.78, 5) is 39.5. The molecule has 8 heteroatoms. The van der Waals surface area contributed by atoms with E-state index >= 15 is 0 Å². The molecule has 3 amide bonds. The van der Waals surface area contributed by atoms with Gasteiger partial charge in [-0.1, -0.05) is 44.0 Å². The van der Waals surface area contributed by atoms with E-state index in [0.717, 1.165) is 23.3 Å². The molecule has 1 aromatic carbocycles. The number of terminal acetylenes is 1. The second kappa shape index (κ2) is 12.1. The highest BCUT2D eigenvalue weighted by atomic mass is 16.6. The molecule has 0 heterocycles. The molecule has 0 aliphatic carbocycles. The highest BCUT2D eigenvalue weighted by Crippen LogP contribution is 2.25. The molecule has 3 unspecified atom stereocenters. The number of rotatable bonds is 9. The second-order valence-electron chi connectivity index (χ2n) is 8.68. The first-order valence-corrected chi connectivity index (χ1v) is 10.7. The van der Waals surface area contributed by atoms with E-state index < -0.39 is 42.2 Å². The molecule has 176 valence electrons. The molecule has 0 aliphatic rings. The van der Waals surface area contributed by atoms with Gasteiger partial charge in [0.05, 0.1) is 6.61 Å². The molecule has 0 radical (unpaired) electrons. The molecule has 0 saturated carbocycles. The maximum Gasteiger partial charge on any atom is 0.408 e. The molecule has 0 bridgehead atoms. The van der Waals surface area contributed by atoms with Crippen LogP contribution in [0.25, 0.3) is 0 Å². The normalized spacial score (nSPS) is 13.8. The molecule has 0 saturated heterocycles. The SMILES string of the molecule is C#CN(C(=O)C(CO)NC(=O)OC(C)(C)C)C(C(=O)NC(C)CCC)c1ccccc1C. The first kappa shape index (κ1) is 27.0. The number of aliphatic hydroxyl groups is 1. The zero-order chi connectivity index (χ0) is 24.5. The number of hydrogen-bond donors (Lipinski definition) is 3. The van der Waals surface area contributed by atoms with Gasteiger partial charge in [0.2, 0.25) is 5.91 Å². The molecule has 0 aromatic heterocycles. The van der Waals surface area contributed by atoms with Gasteiger partial charge in [0.25, 0.3) is 5.91 Å². The minimum absolute atomic E-state index is 0.123. The van der Waals surface area contributed by atoms with Crippen LogP contribution in [0.15, 0.2) is 24.3 Å². The number of benzene rings is 1. The summed E-state index contributed by atoms with van der Waals surface area (Å²) < 4.78 is 5.16. The number of aryl methyl sites for hydroxylation is 1. The Hall–Kier alpha value is -3.05. The predicted octanol–water partition coefficient (Wildman–Crippen LogP) is 2.65. The third-order valence-corrected chi connectivity index (χ3v) is 4.65. The van der Waals surface area contributed by atoms with Crippen LogP contribution >= 0.6 is 0 Å². The van der Waals surface area contributed by atoms with Crippen LogP contribution in [-0.4, -0.2) is 52.2 Å². The molecule has 0 aliphatic heterocycles. The van der Waals surface area contributed by atoms with Gasteiger partial charge in [0, 0.05) is 12.1 Å². The summed E-state index contributed by atoms with van der Waals surface area (Å²) in [5.74, 6) is -1.24. The Morgan fingerprint density at radius 2 is 1.84 bits per heavy atom. The van der Waals surface area contributed by atoms with E-state index in [0.29, 0.717) is 5.56 Å². The van der Waals surface area contributed by atoms with E-state index in [1.807, 2.05) is 32.9 Å². The quantitative estimate of drug-likeness (QED) is 0.400. The first-order chi connectivity index (χ1) is 14.9. The lowest BCUT2D eigenvalue weighted by Crippen LogP contribution is -2.53. The van der Waals surface area contributed by atoms with Gasteiger partial charge in [-0.3, -0.25) is 14.5 Å². The van der Waals surface area contributed by atoms with Crippen molar-refractivity contribution in [2.75, 3.05) is 6.61 Å². The number of ether oxygens (including phenoxy) is 1. The van der Waals surface area contributed by atoms with Gasteiger partial charge in [-0.15, -0.1) is 0 Å². The number of aliphatic hydroxyl groups excluding tert-OH is 1. The fraction of sp³-hybridized carbons (Fsp3) is 0.542. The number of nitrogens with zero attached hydrogens (tertiary/aromatic N) is 1. The standard InChI is InChI=1S/C24H35N3O5/c1-8-12-17(4)25-21(29)20(18-14-11-10-13-16(18)3)27(9-2)22(30)19(15-28)26-23(31)32-24(5,6)7/h2,10-11,13-14,17,19-20,28H,8,12,15H2,1,3-7H3,(H,25,29)(H,26,31). The van der Waals surface area contributed by atoms with E-state index in [1.165, 1.54) is 0 Å². The summed E-state index contributed by atoms with van der Waals surface area (Å²) in [7, 11) is 0. The summed E-state index contributed by atoms with van der Waals surface area (Å²) in [5, 5.41) is 15.0. The van der Waals surface area contributed by atoms with Crippen molar-refractivity contribution in [3.63, 3.8) is 0 Å². The molecule has 0 spiro atoms. The molecule has 1 aromatic rings. The Kier molecular flexibility index (Phi) is 10.2. The average Bonchev–Trinajstić information content (AvgIpc) is 2.69. The predicted molar refractivity (Wildman–Crippen MR) is 122 cm³/mol. The van der Waals surface area contributed by atoms with Gasteiger partial charge in [0.1, 0.15) is 17.7 Å². The van der Waals surface area contributed by atoms with Crippen LogP contribution in [0, 0.1) is 19.4 Å². The van der Waals surface area contributed by atoms with Crippen LogP contribution in [0.2, 0.25) is 0 Å². The minimum atomic E-state index is -1.38. The molecule has 32 heavy (non-hydrogen) atoms. The fourth-order valence-corrected chi connectivity index (χ4v) is 3.19. The van der Waals surface area contributed by atoms with Crippen molar-refractivity contribution in [1.29, 1.82) is 0 Å². The summed E-state index contributed by atoms with van der Waals surface area (Å²) in [5.41, 5.74) is 0.524. The van der Waals surface area contributed by atoms with Crippen LogP contribution < -0.4 is 10.6 Å². The number of carbonyl (C=O) groups is 3. The zero-order valence-electron chi connectivity index (χ0n) is 19.8. The Balaban J connectivity index is 3.28. The summed E-state index contributed by atoms with van der Waals surface area (Å²) in [6, 6.07) is 6.73. The van der Waals surface area contributed by atoms with Crippen LogP contribution in [0.1, 0.15) is 64.6 Å². The lowest BCUT2D eigenvalue weighted by atomic mass is 9.98. The molecule has 0 fully saturated rings. The van der Waals surface area contributed by atoms with E-state index in [9.17, 15) is 19.5 Å². The lowest BCUT2D eigenvalue weighted by Gasteiger charge is -2.31. The number of amides is 3. The summed E-state index contributed by atoms with van der Waals surface area (Å²) >= 11 is 0. The van der Waals surface area contributed by atoms with Crippen molar-refractivity contribution in [3.8, 4) is 12.5 Å². The lowest BCUT2D eigenvalue weighted by molar-refractivity contribution is -0.139. The Labute approximate surface area is 190 Å². The smallest absolute Gasteiger partial charge is 0.408 e. The molecular weight excluding hydrogens is 410 g/mol. The van der Waals surface area contributed by atoms with Gasteiger partial charge in [-0.05, 0) is 52.2 Å². The van der Waals surface area contributed by atoms with Crippen LogP contribution in [0.4, 0.5) is 4.79 Å². The number of hydrogen-bond acceptors (Lipinski definition) is 5. The van der Waals surface area contributed by atoms with Crippen molar-refractivity contribution >= 4 is 17.9 Å². The van der Waals surface area contributed by atoms with Gasteiger partial charge in [0.15, 0.2) is 0 Å². The van der Waals surface area contributed by atoms with Gasteiger partial charge in [-0.2, -0.15) is 0 Å². The zero-order valence-corrected chi connectivity index (χ0v) is 19.8. The van der Waals surface area contributed by atoms with Crippen LogP contribution in [0.5, 0.6) is 0 Å².